The largest absolute Gasteiger partial charge is 0.487 e. The van der Waals surface area contributed by atoms with Gasteiger partial charge in [0.1, 0.15) is 47.1 Å². The third-order valence-electron chi connectivity index (χ3n) is 5.46. The standard InChI is InChI=1S/C19H10B7NO2/c1-7-11(20)9-10-13(22)17(26(28)29)14(23)16(25)19(10)27(8-5-3-2-4-6-8)18(9)15(24)12(7)21/h2-6,28-29H,1H3. The molecule has 0 saturated heterocycles. The maximum absolute atomic E-state index is 9.85. The highest BCUT2D eigenvalue weighted by Crippen LogP contribution is 2.27. The lowest BCUT2D eigenvalue weighted by Crippen LogP contribution is -2.56. The van der Waals surface area contributed by atoms with Crippen molar-refractivity contribution in [3.05, 3.63) is 35.9 Å². The fourth-order valence-electron chi connectivity index (χ4n) is 3.93. The molecule has 1 heterocycles. The van der Waals surface area contributed by atoms with Crippen LogP contribution >= 0.6 is 0 Å². The van der Waals surface area contributed by atoms with Crippen LogP contribution in [0.4, 0.5) is 0 Å². The molecule has 0 unspecified atom stereocenters. The van der Waals surface area contributed by atoms with Crippen LogP contribution in [0.25, 0.3) is 27.5 Å². The Labute approximate surface area is 177 Å². The Morgan fingerprint density at radius 1 is 0.690 bits per heavy atom. The number of hydrogen-bond donors (Lipinski definition) is 2. The molecule has 1 aromatic heterocycles. The molecule has 0 fully saturated rings. The average molecular weight is 360 g/mol. The van der Waals surface area contributed by atoms with Crippen LogP contribution in [0.15, 0.2) is 30.3 Å². The molecule has 4 rings (SSSR count). The molecule has 0 aliphatic rings. The van der Waals surface area contributed by atoms with Crippen LogP contribution in [-0.2, 0) is 0 Å². The van der Waals surface area contributed by atoms with Crippen LogP contribution in [0, 0.1) is 6.92 Å². The zero-order chi connectivity index (χ0) is 21.2. The van der Waals surface area contributed by atoms with Crippen LogP contribution < -0.4 is 38.2 Å². The molecule has 3 aromatic carbocycles. The van der Waals surface area contributed by atoms with Gasteiger partial charge in [-0.2, -0.15) is 0 Å². The molecule has 0 saturated carbocycles. The second-order valence-corrected chi connectivity index (χ2v) is 7.01. The zero-order valence-corrected chi connectivity index (χ0v) is 15.8. The van der Waals surface area contributed by atoms with E-state index in [2.05, 4.69) is 0 Å². The first kappa shape index (κ1) is 20.1. The van der Waals surface area contributed by atoms with Crippen LogP contribution in [0.2, 0.25) is 0 Å². The highest BCUT2D eigenvalue weighted by atomic mass is 16.4. The summed E-state index contributed by atoms with van der Waals surface area (Å²) in [5.74, 6) is 0. The molecule has 0 atom stereocenters. The van der Waals surface area contributed by atoms with E-state index in [1.165, 1.54) is 0 Å². The SMILES string of the molecule is [B]c1c(C)c([B])c2c3c([B])c(B(O)O)c([B])c([B])c3n(-c3ccccc3)c2c1[B]. The summed E-state index contributed by atoms with van der Waals surface area (Å²) in [7, 11) is 36.0. The maximum Gasteiger partial charge on any atom is 0.487 e. The van der Waals surface area contributed by atoms with Crippen molar-refractivity contribution in [3.8, 4) is 5.69 Å². The minimum atomic E-state index is -1.91. The van der Waals surface area contributed by atoms with E-state index in [0.717, 1.165) is 5.69 Å². The van der Waals surface area contributed by atoms with Crippen molar-refractivity contribution >= 4 is 114 Å². The van der Waals surface area contributed by atoms with E-state index in [0.29, 0.717) is 43.8 Å². The maximum atomic E-state index is 9.85. The highest BCUT2D eigenvalue weighted by molar-refractivity contribution is 6.76. The Kier molecular flexibility index (Phi) is 4.83. The van der Waals surface area contributed by atoms with E-state index in [1.54, 1.807) is 11.5 Å². The van der Waals surface area contributed by atoms with Gasteiger partial charge in [-0.1, -0.05) is 51.1 Å². The summed E-state index contributed by atoms with van der Waals surface area (Å²) in [4.78, 5) is 0. The second kappa shape index (κ2) is 6.96. The predicted molar refractivity (Wildman–Crippen MR) is 128 cm³/mol. The van der Waals surface area contributed by atoms with Crippen molar-refractivity contribution in [1.82, 2.24) is 4.57 Å². The van der Waals surface area contributed by atoms with E-state index in [-0.39, 0.29) is 21.9 Å². The molecule has 2 N–H and O–H groups in total. The minimum absolute atomic E-state index is 0.0215. The summed E-state index contributed by atoms with van der Waals surface area (Å²) in [6, 6.07) is 9.33. The van der Waals surface area contributed by atoms with Gasteiger partial charge in [-0.05, 0) is 35.3 Å². The molecule has 3 nitrogen and oxygen atoms in total. The lowest BCUT2D eigenvalue weighted by Gasteiger charge is -2.18. The van der Waals surface area contributed by atoms with Gasteiger partial charge in [-0.15, -0.1) is 5.46 Å². The van der Waals surface area contributed by atoms with Gasteiger partial charge in [0, 0.05) is 16.7 Å². The molecule has 12 radical (unpaired) electrons. The summed E-state index contributed by atoms with van der Waals surface area (Å²) < 4.78 is 1.79. The van der Waals surface area contributed by atoms with Gasteiger partial charge in [-0.3, -0.25) is 0 Å². The summed E-state index contributed by atoms with van der Waals surface area (Å²) in [5.41, 5.74) is 3.47. The molecular weight excluding hydrogens is 350 g/mol. The molecule has 4 aromatic rings. The summed E-state index contributed by atoms with van der Waals surface area (Å²) in [6.45, 7) is 1.75. The van der Waals surface area contributed by atoms with Crippen molar-refractivity contribution in [2.75, 3.05) is 0 Å². The molecule has 0 spiro atoms. The molecule has 10 heteroatoms. The fraction of sp³-hybridized carbons (Fsp3) is 0.0526. The number of rotatable bonds is 2. The predicted octanol–water partition coefficient (Wildman–Crippen LogP) is -4.47. The third-order valence-corrected chi connectivity index (χ3v) is 5.46. The van der Waals surface area contributed by atoms with Gasteiger partial charge in [0.15, 0.2) is 0 Å². The van der Waals surface area contributed by atoms with Crippen molar-refractivity contribution in [2.45, 2.75) is 6.92 Å². The summed E-state index contributed by atoms with van der Waals surface area (Å²) in [6.07, 6.45) is 0. The first-order valence-corrected chi connectivity index (χ1v) is 8.87. The van der Waals surface area contributed by atoms with Crippen LogP contribution in [0.3, 0.4) is 0 Å². The first-order chi connectivity index (χ1) is 13.7. The molecule has 124 valence electrons. The summed E-state index contributed by atoms with van der Waals surface area (Å²) in [5, 5.41) is 20.7. The van der Waals surface area contributed by atoms with Crippen LogP contribution in [0.1, 0.15) is 5.56 Å². The highest BCUT2D eigenvalue weighted by Gasteiger charge is 2.26. The van der Waals surface area contributed by atoms with E-state index in [9.17, 15) is 10.0 Å². The number of hydrogen-bond acceptors (Lipinski definition) is 2. The second-order valence-electron chi connectivity index (χ2n) is 7.01. The van der Waals surface area contributed by atoms with Gasteiger partial charge >= 0.3 is 7.12 Å². The number of para-hydroxylation sites is 1. The fourth-order valence-corrected chi connectivity index (χ4v) is 3.93. The number of fused-ring (bicyclic) bond motifs is 3. The molecule has 0 aliphatic heterocycles. The van der Waals surface area contributed by atoms with Gasteiger partial charge in [0.05, 0.1) is 0 Å². The van der Waals surface area contributed by atoms with Gasteiger partial charge in [0.2, 0.25) is 0 Å². The van der Waals surface area contributed by atoms with Crippen molar-refractivity contribution in [2.24, 2.45) is 0 Å². The van der Waals surface area contributed by atoms with E-state index < -0.39 is 7.12 Å². The van der Waals surface area contributed by atoms with Gasteiger partial charge in [0.25, 0.3) is 0 Å². The monoisotopic (exact) mass is 361 g/mol. The van der Waals surface area contributed by atoms with E-state index in [1.807, 2.05) is 30.3 Å². The van der Waals surface area contributed by atoms with Gasteiger partial charge < -0.3 is 14.6 Å². The number of aromatic nitrogens is 1. The number of benzene rings is 3. The molecule has 29 heavy (non-hydrogen) atoms. The Morgan fingerprint density at radius 2 is 1.21 bits per heavy atom. The quantitative estimate of drug-likeness (QED) is 0.355. The first-order valence-electron chi connectivity index (χ1n) is 8.87. The Bertz CT molecular complexity index is 1300. The van der Waals surface area contributed by atoms with Crippen molar-refractivity contribution in [1.29, 1.82) is 0 Å². The Hall–Kier alpha value is -2.17. The molecule has 0 amide bonds. The van der Waals surface area contributed by atoms with E-state index in [4.69, 9.17) is 47.1 Å². The lowest BCUT2D eigenvalue weighted by molar-refractivity contribution is 0.426. The topological polar surface area (TPSA) is 45.4 Å². The van der Waals surface area contributed by atoms with Gasteiger partial charge in [-0.25, -0.2) is 0 Å². The van der Waals surface area contributed by atoms with Crippen molar-refractivity contribution in [3.63, 3.8) is 0 Å². The normalized spacial score (nSPS) is 11.4. The minimum Gasteiger partial charge on any atom is -0.423 e. The number of nitrogens with zero attached hydrogens (tertiary/aromatic N) is 1. The Morgan fingerprint density at radius 3 is 1.76 bits per heavy atom. The summed E-state index contributed by atoms with van der Waals surface area (Å²) >= 11 is 0. The van der Waals surface area contributed by atoms with Crippen molar-refractivity contribution < 1.29 is 10.0 Å². The molecule has 0 bridgehead atoms. The van der Waals surface area contributed by atoms with E-state index >= 15 is 0 Å². The smallest absolute Gasteiger partial charge is 0.423 e. The molecular formula is C19H10B7NO2. The Balaban J connectivity index is 2.43. The van der Waals surface area contributed by atoms with Crippen LogP contribution in [0.5, 0.6) is 0 Å². The zero-order valence-electron chi connectivity index (χ0n) is 15.8. The third kappa shape index (κ3) is 2.69. The van der Waals surface area contributed by atoms with Crippen LogP contribution in [-0.4, -0.2) is 68.8 Å². The average Bonchev–Trinajstić information content (AvgIpc) is 3.06. The molecule has 0 aliphatic carbocycles. The lowest BCUT2D eigenvalue weighted by atomic mass is 9.60.